The lowest BCUT2D eigenvalue weighted by Gasteiger charge is -2.47. The summed E-state index contributed by atoms with van der Waals surface area (Å²) < 4.78 is 26.7. The number of nitrogens with one attached hydrogen (secondary N) is 2. The second kappa shape index (κ2) is 8.07. The SMILES string of the molecule is CC(CC1(C2CN(C)C2)NC(=O)NC1=O)C(=O)N1CCN(c2ccc(F)c(F)c2)CC1. The summed E-state index contributed by atoms with van der Waals surface area (Å²) in [5.41, 5.74) is -0.482. The van der Waals surface area contributed by atoms with Gasteiger partial charge in [-0.2, -0.15) is 0 Å². The Morgan fingerprint density at radius 3 is 2.39 bits per heavy atom. The Morgan fingerprint density at radius 2 is 1.84 bits per heavy atom. The first-order valence-corrected chi connectivity index (χ1v) is 10.5. The van der Waals surface area contributed by atoms with Crippen molar-refractivity contribution in [2.45, 2.75) is 18.9 Å². The Hall–Kier alpha value is -2.75. The lowest BCUT2D eigenvalue weighted by atomic mass is 9.73. The molecule has 0 bridgehead atoms. The molecule has 3 heterocycles. The minimum Gasteiger partial charge on any atom is -0.368 e. The number of hydrogen-bond donors (Lipinski definition) is 2. The van der Waals surface area contributed by atoms with Gasteiger partial charge in [-0.05, 0) is 25.6 Å². The van der Waals surface area contributed by atoms with E-state index in [9.17, 15) is 23.2 Å². The summed E-state index contributed by atoms with van der Waals surface area (Å²) in [6.45, 7) is 5.04. The Bertz CT molecular complexity index is 899. The third-order valence-corrected chi connectivity index (χ3v) is 6.64. The van der Waals surface area contributed by atoms with E-state index < -0.39 is 29.1 Å². The predicted octanol–water partition coefficient (Wildman–Crippen LogP) is 0.779. The molecule has 0 spiro atoms. The highest BCUT2D eigenvalue weighted by atomic mass is 19.2. The van der Waals surface area contributed by atoms with Gasteiger partial charge in [0.05, 0.1) is 0 Å². The van der Waals surface area contributed by atoms with Crippen LogP contribution in [0.5, 0.6) is 0 Å². The second-order valence-corrected chi connectivity index (χ2v) is 8.81. The lowest BCUT2D eigenvalue weighted by molar-refractivity contribution is -0.138. The van der Waals surface area contributed by atoms with E-state index in [0.717, 1.165) is 12.1 Å². The van der Waals surface area contributed by atoms with Gasteiger partial charge in [-0.15, -0.1) is 0 Å². The van der Waals surface area contributed by atoms with Crippen molar-refractivity contribution in [3.05, 3.63) is 29.8 Å². The largest absolute Gasteiger partial charge is 0.368 e. The van der Waals surface area contributed by atoms with E-state index in [1.165, 1.54) is 6.07 Å². The Labute approximate surface area is 179 Å². The molecule has 0 aromatic heterocycles. The molecule has 0 aliphatic carbocycles. The lowest BCUT2D eigenvalue weighted by Crippen LogP contribution is -2.65. The maximum Gasteiger partial charge on any atom is 0.322 e. The quantitative estimate of drug-likeness (QED) is 0.668. The van der Waals surface area contributed by atoms with E-state index in [1.54, 1.807) is 11.8 Å². The van der Waals surface area contributed by atoms with Crippen LogP contribution >= 0.6 is 0 Å². The van der Waals surface area contributed by atoms with Crippen LogP contribution in [-0.4, -0.2) is 79.5 Å². The summed E-state index contributed by atoms with van der Waals surface area (Å²) in [5, 5.41) is 5.13. The van der Waals surface area contributed by atoms with Gasteiger partial charge in [-0.25, -0.2) is 13.6 Å². The van der Waals surface area contributed by atoms with Crippen molar-refractivity contribution in [2.24, 2.45) is 11.8 Å². The van der Waals surface area contributed by atoms with Crippen LogP contribution in [0.15, 0.2) is 18.2 Å². The molecule has 0 saturated carbocycles. The third kappa shape index (κ3) is 3.96. The van der Waals surface area contributed by atoms with Crippen LogP contribution < -0.4 is 15.5 Å². The Kier molecular flexibility index (Phi) is 5.59. The number of likely N-dealkylation sites (tertiary alicyclic amines) is 1. The van der Waals surface area contributed by atoms with Crippen LogP contribution in [0, 0.1) is 23.5 Å². The van der Waals surface area contributed by atoms with E-state index in [4.69, 9.17) is 0 Å². The molecule has 2 unspecified atom stereocenters. The number of amides is 4. The van der Waals surface area contributed by atoms with Gasteiger partial charge in [0.25, 0.3) is 5.91 Å². The molecule has 0 radical (unpaired) electrons. The highest BCUT2D eigenvalue weighted by molar-refractivity contribution is 6.07. The van der Waals surface area contributed by atoms with Crippen molar-refractivity contribution in [1.29, 1.82) is 0 Å². The molecule has 3 aliphatic heterocycles. The maximum absolute atomic E-state index is 13.5. The van der Waals surface area contributed by atoms with Crippen LogP contribution in [0.2, 0.25) is 0 Å². The first-order valence-electron chi connectivity index (χ1n) is 10.5. The number of rotatable bonds is 5. The maximum atomic E-state index is 13.5. The number of anilines is 1. The van der Waals surface area contributed by atoms with E-state index >= 15 is 0 Å². The number of carbonyl (C=O) groups excluding carboxylic acids is 3. The van der Waals surface area contributed by atoms with Crippen LogP contribution in [0.3, 0.4) is 0 Å². The molecular formula is C21H27F2N5O3. The smallest absolute Gasteiger partial charge is 0.322 e. The van der Waals surface area contributed by atoms with Crippen molar-refractivity contribution >= 4 is 23.5 Å². The molecular weight excluding hydrogens is 408 g/mol. The molecule has 3 fully saturated rings. The van der Waals surface area contributed by atoms with Crippen molar-refractivity contribution in [2.75, 3.05) is 51.2 Å². The van der Waals surface area contributed by atoms with Crippen molar-refractivity contribution in [3.8, 4) is 0 Å². The van der Waals surface area contributed by atoms with Gasteiger partial charge in [0.2, 0.25) is 5.91 Å². The molecule has 31 heavy (non-hydrogen) atoms. The van der Waals surface area contributed by atoms with Crippen LogP contribution in [0.4, 0.5) is 19.3 Å². The minimum atomic E-state index is -1.06. The summed E-state index contributed by atoms with van der Waals surface area (Å²) in [5.74, 6) is -2.71. The van der Waals surface area contributed by atoms with Gasteiger partial charge in [0.1, 0.15) is 5.54 Å². The summed E-state index contributed by atoms with van der Waals surface area (Å²) in [6.07, 6.45) is 0.241. The average molecular weight is 435 g/mol. The normalized spacial score (nSPS) is 25.8. The summed E-state index contributed by atoms with van der Waals surface area (Å²) >= 11 is 0. The highest BCUT2D eigenvalue weighted by Gasteiger charge is 2.55. The fourth-order valence-electron chi connectivity index (χ4n) is 4.86. The fourth-order valence-corrected chi connectivity index (χ4v) is 4.86. The Morgan fingerprint density at radius 1 is 1.16 bits per heavy atom. The number of benzene rings is 1. The topological polar surface area (TPSA) is 85.0 Å². The molecule has 2 N–H and O–H groups in total. The molecule has 3 saturated heterocycles. The number of imide groups is 1. The predicted molar refractivity (Wildman–Crippen MR) is 109 cm³/mol. The number of carbonyl (C=O) groups is 3. The zero-order chi connectivity index (χ0) is 22.3. The van der Waals surface area contributed by atoms with Crippen LogP contribution in [-0.2, 0) is 9.59 Å². The monoisotopic (exact) mass is 435 g/mol. The molecule has 3 aliphatic rings. The van der Waals surface area contributed by atoms with Gasteiger partial charge >= 0.3 is 6.03 Å². The number of urea groups is 1. The van der Waals surface area contributed by atoms with Gasteiger partial charge in [0.15, 0.2) is 11.6 Å². The first-order chi connectivity index (χ1) is 14.7. The molecule has 4 rings (SSSR count). The molecule has 10 heteroatoms. The zero-order valence-corrected chi connectivity index (χ0v) is 17.7. The average Bonchev–Trinajstić information content (AvgIpc) is 3.00. The third-order valence-electron chi connectivity index (χ3n) is 6.64. The number of halogens is 2. The van der Waals surface area contributed by atoms with E-state index in [2.05, 4.69) is 15.5 Å². The van der Waals surface area contributed by atoms with E-state index in [-0.39, 0.29) is 24.2 Å². The van der Waals surface area contributed by atoms with Gasteiger partial charge < -0.3 is 20.0 Å². The van der Waals surface area contributed by atoms with Crippen molar-refractivity contribution < 1.29 is 23.2 Å². The number of hydrogen-bond acceptors (Lipinski definition) is 5. The zero-order valence-electron chi connectivity index (χ0n) is 17.7. The molecule has 1 aromatic rings. The van der Waals surface area contributed by atoms with Crippen LogP contribution in [0.25, 0.3) is 0 Å². The van der Waals surface area contributed by atoms with Gasteiger partial charge in [0, 0.05) is 62.9 Å². The Balaban J connectivity index is 1.38. The second-order valence-electron chi connectivity index (χ2n) is 8.81. The summed E-state index contributed by atoms with van der Waals surface area (Å²) in [4.78, 5) is 43.3. The summed E-state index contributed by atoms with van der Waals surface area (Å²) in [7, 11) is 1.94. The standard InChI is InChI=1S/C21H27F2N5O3/c1-13(10-21(14-11-26(2)12-14)19(30)24-20(31)25-21)18(29)28-7-5-27(6-8-28)15-3-4-16(22)17(23)9-15/h3-4,9,13-14H,5-8,10-12H2,1-2H3,(H2,24,25,30,31). The van der Waals surface area contributed by atoms with Gasteiger partial charge in [-0.3, -0.25) is 14.9 Å². The molecule has 4 amide bonds. The molecule has 2 atom stereocenters. The number of piperazine rings is 1. The van der Waals surface area contributed by atoms with Crippen molar-refractivity contribution in [3.63, 3.8) is 0 Å². The fraction of sp³-hybridized carbons (Fsp3) is 0.571. The first kappa shape index (κ1) is 21.5. The van der Waals surface area contributed by atoms with Crippen molar-refractivity contribution in [1.82, 2.24) is 20.4 Å². The minimum absolute atomic E-state index is 0.0376. The molecule has 8 nitrogen and oxygen atoms in total. The number of nitrogens with zero attached hydrogens (tertiary/aromatic N) is 3. The highest BCUT2D eigenvalue weighted by Crippen LogP contribution is 2.35. The summed E-state index contributed by atoms with van der Waals surface area (Å²) in [6, 6.07) is 3.28. The van der Waals surface area contributed by atoms with E-state index in [1.807, 2.05) is 11.9 Å². The molecule has 1 aromatic carbocycles. The molecule has 168 valence electrons. The van der Waals surface area contributed by atoms with Crippen LogP contribution in [0.1, 0.15) is 13.3 Å². The van der Waals surface area contributed by atoms with E-state index in [0.29, 0.717) is 45.0 Å². The van der Waals surface area contributed by atoms with Gasteiger partial charge in [-0.1, -0.05) is 6.92 Å².